The van der Waals surface area contributed by atoms with Gasteiger partial charge in [-0.3, -0.25) is 0 Å². The molecular formula is C19H19N5O. The molecule has 0 spiro atoms. The molecule has 1 atom stereocenters. The summed E-state index contributed by atoms with van der Waals surface area (Å²) in [5.41, 5.74) is 5.75. The first kappa shape index (κ1) is 15.4. The van der Waals surface area contributed by atoms with Crippen LogP contribution in [-0.2, 0) is 0 Å². The second-order valence-corrected chi connectivity index (χ2v) is 6.17. The number of fused-ring (bicyclic) bond motifs is 1. The first-order chi connectivity index (χ1) is 12.2. The molecule has 1 unspecified atom stereocenters. The second-order valence-electron chi connectivity index (χ2n) is 6.17. The summed E-state index contributed by atoms with van der Waals surface area (Å²) < 4.78 is 7.03. The molecule has 1 aromatic heterocycles. The number of benzene rings is 2. The topological polar surface area (TPSA) is 64.9 Å². The number of nitrogens with one attached hydrogen (secondary N) is 1. The van der Waals surface area contributed by atoms with E-state index in [1.165, 1.54) is 11.1 Å². The summed E-state index contributed by atoms with van der Waals surface area (Å²) in [7, 11) is 1.66. The lowest BCUT2D eigenvalue weighted by Gasteiger charge is -2.24. The zero-order valence-corrected chi connectivity index (χ0v) is 14.4. The molecule has 2 aromatic carbocycles. The van der Waals surface area contributed by atoms with Gasteiger partial charge in [0.25, 0.3) is 0 Å². The molecule has 1 N–H and O–H groups in total. The highest BCUT2D eigenvalue weighted by Crippen LogP contribution is 2.32. The molecule has 0 saturated carbocycles. The van der Waals surface area contributed by atoms with E-state index in [9.17, 15) is 0 Å². The number of hydrogen-bond acceptors (Lipinski definition) is 5. The SMILES string of the molecule is COc1ccc(C2C=C(c3ccc(C)c(C)c3)Nc3nnnn32)cc1. The van der Waals surface area contributed by atoms with Crippen LogP contribution >= 0.6 is 0 Å². The number of rotatable bonds is 3. The quantitative estimate of drug-likeness (QED) is 0.796. The summed E-state index contributed by atoms with van der Waals surface area (Å²) >= 11 is 0. The van der Waals surface area contributed by atoms with Gasteiger partial charge in [-0.2, -0.15) is 4.68 Å². The zero-order valence-electron chi connectivity index (χ0n) is 14.4. The number of anilines is 1. The maximum absolute atomic E-state index is 5.25. The van der Waals surface area contributed by atoms with Crippen molar-refractivity contribution in [1.82, 2.24) is 20.2 Å². The van der Waals surface area contributed by atoms with Crippen LogP contribution in [-0.4, -0.2) is 27.3 Å². The monoisotopic (exact) mass is 333 g/mol. The number of tetrazole rings is 1. The van der Waals surface area contributed by atoms with Gasteiger partial charge in [0.2, 0.25) is 5.95 Å². The minimum Gasteiger partial charge on any atom is -0.497 e. The number of aromatic nitrogens is 4. The highest BCUT2D eigenvalue weighted by Gasteiger charge is 2.24. The Kier molecular flexibility index (Phi) is 3.72. The Bertz CT molecular complexity index is 943. The molecule has 0 bridgehead atoms. The standard InChI is InChI=1S/C19H19N5O/c1-12-4-5-15(10-13(12)2)17-11-18(24-19(20-17)21-22-23-24)14-6-8-16(25-3)9-7-14/h4-11,18H,1-3H3,(H,20,21,23). The normalized spacial score (nSPS) is 16.0. The molecule has 4 rings (SSSR count). The van der Waals surface area contributed by atoms with Crippen molar-refractivity contribution >= 4 is 11.6 Å². The summed E-state index contributed by atoms with van der Waals surface area (Å²) in [6, 6.07) is 14.3. The van der Waals surface area contributed by atoms with Crippen molar-refractivity contribution in [2.45, 2.75) is 19.9 Å². The molecule has 0 saturated heterocycles. The van der Waals surface area contributed by atoms with E-state index in [1.807, 2.05) is 24.3 Å². The molecule has 6 heteroatoms. The van der Waals surface area contributed by atoms with E-state index in [-0.39, 0.29) is 6.04 Å². The van der Waals surface area contributed by atoms with Gasteiger partial charge in [-0.25, -0.2) is 0 Å². The van der Waals surface area contributed by atoms with Crippen LogP contribution in [0.4, 0.5) is 5.95 Å². The Morgan fingerprint density at radius 2 is 1.84 bits per heavy atom. The van der Waals surface area contributed by atoms with Crippen LogP contribution in [0.15, 0.2) is 48.5 Å². The van der Waals surface area contributed by atoms with E-state index >= 15 is 0 Å². The van der Waals surface area contributed by atoms with Gasteiger partial charge < -0.3 is 10.1 Å². The Morgan fingerprint density at radius 3 is 2.56 bits per heavy atom. The number of allylic oxidation sites excluding steroid dienone is 1. The summed E-state index contributed by atoms with van der Waals surface area (Å²) in [6.07, 6.45) is 2.15. The Labute approximate surface area is 146 Å². The van der Waals surface area contributed by atoms with Gasteiger partial charge in [-0.15, -0.1) is 0 Å². The van der Waals surface area contributed by atoms with Gasteiger partial charge in [0.15, 0.2) is 0 Å². The number of methoxy groups -OCH3 is 1. The molecule has 6 nitrogen and oxygen atoms in total. The first-order valence-electron chi connectivity index (χ1n) is 8.14. The van der Waals surface area contributed by atoms with Crippen molar-refractivity contribution in [3.8, 4) is 5.75 Å². The summed E-state index contributed by atoms with van der Waals surface area (Å²) in [4.78, 5) is 0. The van der Waals surface area contributed by atoms with Gasteiger partial charge in [0, 0.05) is 5.70 Å². The maximum Gasteiger partial charge on any atom is 0.248 e. The molecule has 1 aliphatic heterocycles. The van der Waals surface area contributed by atoms with Crippen molar-refractivity contribution < 1.29 is 4.74 Å². The predicted octanol–water partition coefficient (Wildman–Crippen LogP) is 3.35. The summed E-state index contributed by atoms with van der Waals surface area (Å²) in [5.74, 6) is 1.46. The molecule has 25 heavy (non-hydrogen) atoms. The fourth-order valence-corrected chi connectivity index (χ4v) is 2.97. The average Bonchev–Trinajstić information content (AvgIpc) is 3.12. The average molecular weight is 333 g/mol. The van der Waals surface area contributed by atoms with Crippen LogP contribution in [0.25, 0.3) is 5.70 Å². The number of aryl methyl sites for hydroxylation is 2. The number of ether oxygens (including phenoxy) is 1. The zero-order chi connectivity index (χ0) is 17.4. The number of hydrogen-bond donors (Lipinski definition) is 1. The molecule has 2 heterocycles. The highest BCUT2D eigenvalue weighted by atomic mass is 16.5. The van der Waals surface area contributed by atoms with E-state index in [0.29, 0.717) is 5.95 Å². The predicted molar refractivity (Wildman–Crippen MR) is 96.5 cm³/mol. The van der Waals surface area contributed by atoms with E-state index in [1.54, 1.807) is 11.8 Å². The highest BCUT2D eigenvalue weighted by molar-refractivity contribution is 5.77. The molecule has 1 aliphatic rings. The Balaban J connectivity index is 1.78. The van der Waals surface area contributed by atoms with Crippen molar-refractivity contribution in [3.63, 3.8) is 0 Å². The third-order valence-electron chi connectivity index (χ3n) is 4.60. The van der Waals surface area contributed by atoms with Crippen molar-refractivity contribution in [3.05, 3.63) is 70.8 Å². The molecule has 126 valence electrons. The molecular weight excluding hydrogens is 314 g/mol. The second kappa shape index (κ2) is 6.05. The lowest BCUT2D eigenvalue weighted by Crippen LogP contribution is -2.20. The molecule has 0 fully saturated rings. The fraction of sp³-hybridized carbons (Fsp3) is 0.211. The van der Waals surface area contributed by atoms with Crippen LogP contribution in [0.5, 0.6) is 5.75 Å². The van der Waals surface area contributed by atoms with Crippen molar-refractivity contribution in [2.75, 3.05) is 12.4 Å². The third-order valence-corrected chi connectivity index (χ3v) is 4.60. The maximum atomic E-state index is 5.25. The van der Waals surface area contributed by atoms with Gasteiger partial charge in [-0.05, 0) is 70.8 Å². The lowest BCUT2D eigenvalue weighted by molar-refractivity contribution is 0.414. The van der Waals surface area contributed by atoms with Crippen LogP contribution in [0.3, 0.4) is 0 Å². The van der Waals surface area contributed by atoms with Gasteiger partial charge in [0.1, 0.15) is 11.8 Å². The van der Waals surface area contributed by atoms with Crippen LogP contribution in [0, 0.1) is 13.8 Å². The van der Waals surface area contributed by atoms with Crippen LogP contribution in [0.1, 0.15) is 28.3 Å². The van der Waals surface area contributed by atoms with E-state index in [0.717, 1.165) is 22.6 Å². The third kappa shape index (κ3) is 2.76. The minimum atomic E-state index is -0.0752. The van der Waals surface area contributed by atoms with Crippen LogP contribution < -0.4 is 10.1 Å². The molecule has 0 amide bonds. The summed E-state index contributed by atoms with van der Waals surface area (Å²) in [6.45, 7) is 4.23. The van der Waals surface area contributed by atoms with E-state index in [4.69, 9.17) is 4.74 Å². The Hall–Kier alpha value is -3.15. The smallest absolute Gasteiger partial charge is 0.248 e. The molecule has 0 radical (unpaired) electrons. The number of nitrogens with zero attached hydrogens (tertiary/aromatic N) is 4. The summed E-state index contributed by atoms with van der Waals surface area (Å²) in [5, 5.41) is 15.4. The van der Waals surface area contributed by atoms with Crippen molar-refractivity contribution in [1.29, 1.82) is 0 Å². The largest absolute Gasteiger partial charge is 0.497 e. The lowest BCUT2D eigenvalue weighted by atomic mass is 9.99. The minimum absolute atomic E-state index is 0.0752. The molecule has 0 aliphatic carbocycles. The van der Waals surface area contributed by atoms with Crippen LogP contribution in [0.2, 0.25) is 0 Å². The van der Waals surface area contributed by atoms with E-state index in [2.05, 4.69) is 59.0 Å². The fourth-order valence-electron chi connectivity index (χ4n) is 2.97. The Morgan fingerprint density at radius 1 is 1.04 bits per heavy atom. The van der Waals surface area contributed by atoms with Gasteiger partial charge >= 0.3 is 0 Å². The van der Waals surface area contributed by atoms with E-state index < -0.39 is 0 Å². The first-order valence-corrected chi connectivity index (χ1v) is 8.14. The van der Waals surface area contributed by atoms with Gasteiger partial charge in [0.05, 0.1) is 7.11 Å². The van der Waals surface area contributed by atoms with Gasteiger partial charge in [-0.1, -0.05) is 29.4 Å². The van der Waals surface area contributed by atoms with Crippen molar-refractivity contribution in [2.24, 2.45) is 0 Å². The molecule has 3 aromatic rings.